The van der Waals surface area contributed by atoms with Gasteiger partial charge in [0.05, 0.1) is 16.1 Å². The Morgan fingerprint density at radius 2 is 2.00 bits per heavy atom. The first-order valence-corrected chi connectivity index (χ1v) is 6.47. The van der Waals surface area contributed by atoms with Crippen molar-refractivity contribution >= 4 is 23.5 Å². The van der Waals surface area contributed by atoms with Gasteiger partial charge in [-0.1, -0.05) is 46.9 Å². The Balaban J connectivity index is 0.00000106. The van der Waals surface area contributed by atoms with Crippen molar-refractivity contribution in [1.29, 1.82) is 0 Å². The van der Waals surface area contributed by atoms with Gasteiger partial charge in [0.1, 0.15) is 0 Å². The fourth-order valence-corrected chi connectivity index (χ4v) is 1.88. The zero-order valence-corrected chi connectivity index (χ0v) is 11.5. The molecule has 16 heavy (non-hydrogen) atoms. The van der Waals surface area contributed by atoms with E-state index in [-0.39, 0.29) is 0 Å². The highest BCUT2D eigenvalue weighted by molar-refractivity contribution is 7.10. The number of thiazole rings is 1. The highest BCUT2D eigenvalue weighted by Crippen LogP contribution is 2.21. The highest BCUT2D eigenvalue weighted by atomic mass is 32.1. The zero-order chi connectivity index (χ0) is 12.6. The maximum atomic E-state index is 4.20. The second-order valence-corrected chi connectivity index (χ2v) is 4.20. The molecular weight excluding hydrogens is 214 g/mol. The van der Waals surface area contributed by atoms with Gasteiger partial charge in [0.15, 0.2) is 0 Å². The van der Waals surface area contributed by atoms with Gasteiger partial charge in [-0.25, -0.2) is 4.98 Å². The lowest BCUT2D eigenvalue weighted by Crippen LogP contribution is -1.89. The SMILES string of the molecule is C=C/C(=C\c1scnc1C=C)C(C)C.CC. The predicted octanol–water partition coefficient (Wildman–Crippen LogP) is 5.04. The van der Waals surface area contributed by atoms with Gasteiger partial charge in [0, 0.05) is 0 Å². The van der Waals surface area contributed by atoms with Crippen LogP contribution in [0.4, 0.5) is 0 Å². The van der Waals surface area contributed by atoms with Crippen LogP contribution in [0.5, 0.6) is 0 Å². The normalized spacial score (nSPS) is 10.7. The molecule has 0 bridgehead atoms. The Hall–Kier alpha value is -1.15. The molecule has 0 fully saturated rings. The molecular formula is C14H21NS. The van der Waals surface area contributed by atoms with Gasteiger partial charge in [-0.15, -0.1) is 11.3 Å². The summed E-state index contributed by atoms with van der Waals surface area (Å²) in [5.41, 5.74) is 4.02. The first-order valence-electron chi connectivity index (χ1n) is 5.59. The molecule has 1 nitrogen and oxygen atoms in total. The molecule has 0 unspecified atom stereocenters. The molecule has 0 aliphatic rings. The Labute approximate surface area is 103 Å². The van der Waals surface area contributed by atoms with Gasteiger partial charge in [-0.3, -0.25) is 0 Å². The lowest BCUT2D eigenvalue weighted by Gasteiger charge is -2.04. The van der Waals surface area contributed by atoms with Crippen molar-refractivity contribution < 1.29 is 0 Å². The summed E-state index contributed by atoms with van der Waals surface area (Å²) in [7, 11) is 0. The Morgan fingerprint density at radius 1 is 1.38 bits per heavy atom. The Kier molecular flexibility index (Phi) is 7.48. The summed E-state index contributed by atoms with van der Waals surface area (Å²) in [5.74, 6) is 0.493. The fourth-order valence-electron chi connectivity index (χ4n) is 1.14. The van der Waals surface area contributed by atoms with Crippen molar-refractivity contribution in [3.8, 4) is 0 Å². The lowest BCUT2D eigenvalue weighted by atomic mass is 10.0. The van der Waals surface area contributed by atoms with Crippen molar-refractivity contribution in [3.05, 3.63) is 40.9 Å². The molecule has 0 N–H and O–H groups in total. The maximum absolute atomic E-state index is 4.20. The number of hydrogen-bond donors (Lipinski definition) is 0. The van der Waals surface area contributed by atoms with Crippen molar-refractivity contribution in [2.24, 2.45) is 5.92 Å². The molecule has 0 aliphatic heterocycles. The standard InChI is InChI=1S/C12H15NS.C2H6/c1-5-10(9(3)4)7-12-11(6-2)13-8-14-12;1-2/h5-9H,1-2H2,3-4H3;1-2H3/b10-7+;. The van der Waals surface area contributed by atoms with E-state index >= 15 is 0 Å². The molecule has 1 aromatic heterocycles. The Bertz CT molecular complexity index is 359. The third-order valence-electron chi connectivity index (χ3n) is 2.02. The first-order chi connectivity index (χ1) is 7.69. The molecule has 0 amide bonds. The summed E-state index contributed by atoms with van der Waals surface area (Å²) in [6, 6.07) is 0. The van der Waals surface area contributed by atoms with Gasteiger partial charge in [0.2, 0.25) is 0 Å². The minimum Gasteiger partial charge on any atom is -0.245 e. The molecule has 0 aliphatic carbocycles. The lowest BCUT2D eigenvalue weighted by molar-refractivity contribution is 0.798. The monoisotopic (exact) mass is 235 g/mol. The summed E-state index contributed by atoms with van der Waals surface area (Å²) < 4.78 is 0. The van der Waals surface area contributed by atoms with Crippen molar-refractivity contribution in [3.63, 3.8) is 0 Å². The molecule has 88 valence electrons. The topological polar surface area (TPSA) is 12.9 Å². The van der Waals surface area contributed by atoms with Crippen LogP contribution in [-0.4, -0.2) is 4.98 Å². The molecule has 0 atom stereocenters. The van der Waals surface area contributed by atoms with E-state index in [1.54, 1.807) is 17.4 Å². The summed E-state index contributed by atoms with van der Waals surface area (Å²) in [6.07, 6.45) is 5.81. The van der Waals surface area contributed by atoms with E-state index in [9.17, 15) is 0 Å². The molecule has 0 spiro atoms. The van der Waals surface area contributed by atoms with E-state index in [1.165, 1.54) is 5.57 Å². The minimum absolute atomic E-state index is 0.493. The van der Waals surface area contributed by atoms with Crippen LogP contribution in [0.15, 0.2) is 30.3 Å². The third kappa shape index (κ3) is 4.15. The van der Waals surface area contributed by atoms with Crippen molar-refractivity contribution in [2.75, 3.05) is 0 Å². The molecule has 2 heteroatoms. The number of hydrogen-bond acceptors (Lipinski definition) is 2. The Morgan fingerprint density at radius 3 is 2.44 bits per heavy atom. The van der Waals surface area contributed by atoms with Gasteiger partial charge in [0.25, 0.3) is 0 Å². The average molecular weight is 235 g/mol. The van der Waals surface area contributed by atoms with Crippen LogP contribution in [0.3, 0.4) is 0 Å². The van der Waals surface area contributed by atoms with Crippen LogP contribution in [0.25, 0.3) is 12.2 Å². The predicted molar refractivity (Wildman–Crippen MR) is 76.6 cm³/mol. The van der Waals surface area contributed by atoms with E-state index in [0.717, 1.165) is 10.6 Å². The van der Waals surface area contributed by atoms with Gasteiger partial charge >= 0.3 is 0 Å². The third-order valence-corrected chi connectivity index (χ3v) is 2.81. The van der Waals surface area contributed by atoms with Crippen LogP contribution in [0, 0.1) is 5.92 Å². The molecule has 0 saturated carbocycles. The smallest absolute Gasteiger partial charge is 0.0806 e. The van der Waals surface area contributed by atoms with E-state index in [1.807, 2.05) is 25.4 Å². The first kappa shape index (κ1) is 14.8. The van der Waals surface area contributed by atoms with Gasteiger partial charge in [-0.05, 0) is 23.6 Å². The summed E-state index contributed by atoms with van der Waals surface area (Å²) in [4.78, 5) is 5.36. The van der Waals surface area contributed by atoms with Crippen LogP contribution in [0.2, 0.25) is 0 Å². The number of rotatable bonds is 4. The highest BCUT2D eigenvalue weighted by Gasteiger charge is 2.03. The molecule has 1 heterocycles. The number of nitrogens with zero attached hydrogens (tertiary/aromatic N) is 1. The largest absolute Gasteiger partial charge is 0.245 e. The van der Waals surface area contributed by atoms with E-state index in [0.29, 0.717) is 5.92 Å². The maximum Gasteiger partial charge on any atom is 0.0806 e. The second kappa shape index (κ2) is 8.05. The zero-order valence-electron chi connectivity index (χ0n) is 10.7. The molecule has 0 aromatic carbocycles. The molecule has 0 saturated heterocycles. The van der Waals surface area contributed by atoms with E-state index < -0.39 is 0 Å². The van der Waals surface area contributed by atoms with E-state index in [2.05, 4.69) is 38.1 Å². The van der Waals surface area contributed by atoms with Crippen LogP contribution in [-0.2, 0) is 0 Å². The number of aromatic nitrogens is 1. The minimum atomic E-state index is 0.493. The fraction of sp³-hybridized carbons (Fsp3) is 0.357. The quantitative estimate of drug-likeness (QED) is 0.666. The summed E-state index contributed by atoms with van der Waals surface area (Å²) >= 11 is 1.63. The van der Waals surface area contributed by atoms with Crippen LogP contribution < -0.4 is 0 Å². The van der Waals surface area contributed by atoms with Crippen molar-refractivity contribution in [1.82, 2.24) is 4.98 Å². The second-order valence-electron chi connectivity index (χ2n) is 3.31. The van der Waals surface area contributed by atoms with Gasteiger partial charge < -0.3 is 0 Å². The number of allylic oxidation sites excluding steroid dienone is 2. The average Bonchev–Trinajstić information content (AvgIpc) is 2.75. The van der Waals surface area contributed by atoms with Crippen molar-refractivity contribution in [2.45, 2.75) is 27.7 Å². The summed E-state index contributed by atoms with van der Waals surface area (Å²) in [5, 5.41) is 0. The van der Waals surface area contributed by atoms with Crippen LogP contribution >= 0.6 is 11.3 Å². The summed E-state index contributed by atoms with van der Waals surface area (Å²) in [6.45, 7) is 15.8. The van der Waals surface area contributed by atoms with Crippen LogP contribution in [0.1, 0.15) is 38.3 Å². The molecule has 0 radical (unpaired) electrons. The molecule has 1 aromatic rings. The van der Waals surface area contributed by atoms with E-state index in [4.69, 9.17) is 0 Å². The van der Waals surface area contributed by atoms with Gasteiger partial charge in [-0.2, -0.15) is 0 Å². The molecule has 1 rings (SSSR count).